The number of para-hydroxylation sites is 1. The van der Waals surface area contributed by atoms with Gasteiger partial charge in [-0.05, 0) is 25.1 Å². The molecule has 1 atom stereocenters. The van der Waals surface area contributed by atoms with Crippen molar-refractivity contribution in [3.05, 3.63) is 59.2 Å². The van der Waals surface area contributed by atoms with Gasteiger partial charge in [0.1, 0.15) is 18.5 Å². The van der Waals surface area contributed by atoms with Crippen molar-refractivity contribution in [2.45, 2.75) is 13.1 Å². The van der Waals surface area contributed by atoms with Crippen LogP contribution < -0.4 is 10.1 Å². The molecule has 5 nitrogen and oxygen atoms in total. The molecule has 0 saturated carbocycles. The van der Waals surface area contributed by atoms with Crippen LogP contribution in [-0.2, 0) is 4.74 Å². The number of hydrogen-bond donors (Lipinski definition) is 1. The molecule has 0 spiro atoms. The Balaban J connectivity index is 1.93. The average Bonchev–Trinajstić information content (AvgIpc) is 2.59. The first-order chi connectivity index (χ1) is 11.6. The molecule has 2 aromatic rings. The SMILES string of the molecule is COCCOc1ccccc1C1Nc2ccc(C)cc2C(=O)N1C. The minimum absolute atomic E-state index is 0.00384. The van der Waals surface area contributed by atoms with E-state index in [1.54, 1.807) is 19.1 Å². The number of ether oxygens (including phenoxy) is 2. The third kappa shape index (κ3) is 3.08. The number of nitrogens with one attached hydrogen (secondary N) is 1. The zero-order valence-electron chi connectivity index (χ0n) is 14.2. The number of nitrogens with zero attached hydrogens (tertiary/aromatic N) is 1. The molecule has 5 heteroatoms. The van der Waals surface area contributed by atoms with Gasteiger partial charge < -0.3 is 19.7 Å². The Labute approximate surface area is 142 Å². The maximum Gasteiger partial charge on any atom is 0.257 e. The number of anilines is 1. The number of fused-ring (bicyclic) bond motifs is 1. The summed E-state index contributed by atoms with van der Waals surface area (Å²) in [6.45, 7) is 2.97. The van der Waals surface area contributed by atoms with E-state index in [0.29, 0.717) is 18.8 Å². The van der Waals surface area contributed by atoms with Crippen LogP contribution >= 0.6 is 0 Å². The highest BCUT2D eigenvalue weighted by Crippen LogP contribution is 2.36. The highest BCUT2D eigenvalue weighted by molar-refractivity contribution is 6.01. The number of amides is 1. The Morgan fingerprint density at radius 2 is 1.96 bits per heavy atom. The van der Waals surface area contributed by atoms with Crippen molar-refractivity contribution in [1.82, 2.24) is 4.90 Å². The molecule has 1 unspecified atom stereocenters. The summed E-state index contributed by atoms with van der Waals surface area (Å²) < 4.78 is 10.9. The first kappa shape index (κ1) is 16.3. The second-order valence-corrected chi connectivity index (χ2v) is 5.89. The molecule has 1 aliphatic rings. The lowest BCUT2D eigenvalue weighted by atomic mass is 10.0. The minimum Gasteiger partial charge on any atom is -0.491 e. The molecule has 1 heterocycles. The lowest BCUT2D eigenvalue weighted by Gasteiger charge is -2.36. The van der Waals surface area contributed by atoms with Gasteiger partial charge in [0, 0.05) is 25.4 Å². The zero-order valence-corrected chi connectivity index (χ0v) is 14.2. The Hall–Kier alpha value is -2.53. The number of carbonyl (C=O) groups is 1. The molecule has 126 valence electrons. The van der Waals surface area contributed by atoms with Crippen LogP contribution in [0.3, 0.4) is 0 Å². The van der Waals surface area contributed by atoms with Gasteiger partial charge in [-0.2, -0.15) is 0 Å². The molecule has 24 heavy (non-hydrogen) atoms. The molecule has 0 bridgehead atoms. The predicted octanol–water partition coefficient (Wildman–Crippen LogP) is 3.22. The Kier molecular flexibility index (Phi) is 4.71. The Morgan fingerprint density at radius 1 is 1.17 bits per heavy atom. The van der Waals surface area contributed by atoms with Crippen molar-refractivity contribution >= 4 is 11.6 Å². The fourth-order valence-electron chi connectivity index (χ4n) is 2.87. The molecular weight excluding hydrogens is 304 g/mol. The van der Waals surface area contributed by atoms with E-state index < -0.39 is 0 Å². The van der Waals surface area contributed by atoms with E-state index in [1.165, 1.54) is 0 Å². The van der Waals surface area contributed by atoms with E-state index in [9.17, 15) is 4.79 Å². The van der Waals surface area contributed by atoms with Crippen LogP contribution in [0.2, 0.25) is 0 Å². The second kappa shape index (κ2) is 6.93. The predicted molar refractivity (Wildman–Crippen MR) is 93.4 cm³/mol. The summed E-state index contributed by atoms with van der Waals surface area (Å²) in [5, 5.41) is 3.45. The monoisotopic (exact) mass is 326 g/mol. The summed E-state index contributed by atoms with van der Waals surface area (Å²) in [5.74, 6) is 0.756. The second-order valence-electron chi connectivity index (χ2n) is 5.89. The van der Waals surface area contributed by atoms with E-state index in [2.05, 4.69) is 5.32 Å². The van der Waals surface area contributed by atoms with Crippen molar-refractivity contribution in [2.24, 2.45) is 0 Å². The highest BCUT2D eigenvalue weighted by Gasteiger charge is 2.31. The van der Waals surface area contributed by atoms with Gasteiger partial charge in [-0.25, -0.2) is 0 Å². The molecule has 0 saturated heterocycles. The van der Waals surface area contributed by atoms with Gasteiger partial charge in [-0.1, -0.05) is 29.8 Å². The van der Waals surface area contributed by atoms with Crippen molar-refractivity contribution in [3.8, 4) is 5.75 Å². The normalized spacial score (nSPS) is 16.5. The molecule has 2 aromatic carbocycles. The van der Waals surface area contributed by atoms with Crippen molar-refractivity contribution in [2.75, 3.05) is 32.7 Å². The number of carbonyl (C=O) groups excluding carboxylic acids is 1. The number of rotatable bonds is 5. The summed E-state index contributed by atoms with van der Waals surface area (Å²) in [7, 11) is 3.44. The average molecular weight is 326 g/mol. The van der Waals surface area contributed by atoms with Gasteiger partial charge >= 0.3 is 0 Å². The quantitative estimate of drug-likeness (QED) is 0.857. The fraction of sp³-hybridized carbons (Fsp3) is 0.316. The zero-order chi connectivity index (χ0) is 17.1. The summed E-state index contributed by atoms with van der Waals surface area (Å²) in [5.41, 5.74) is 3.54. The fourth-order valence-corrected chi connectivity index (χ4v) is 2.87. The smallest absolute Gasteiger partial charge is 0.257 e. The van der Waals surface area contributed by atoms with Crippen LogP contribution in [0.25, 0.3) is 0 Å². The van der Waals surface area contributed by atoms with Crippen LogP contribution in [0.4, 0.5) is 5.69 Å². The lowest BCUT2D eigenvalue weighted by molar-refractivity contribution is 0.0732. The standard InChI is InChI=1S/C19H22N2O3/c1-13-8-9-16-15(12-13)19(22)21(2)18(20-16)14-6-4-5-7-17(14)24-11-10-23-3/h4-9,12,18,20H,10-11H2,1-3H3. The number of hydrogen-bond acceptors (Lipinski definition) is 4. The molecular formula is C19H22N2O3. The van der Waals surface area contributed by atoms with Gasteiger partial charge in [0.2, 0.25) is 0 Å². The number of aryl methyl sites for hydroxylation is 1. The lowest BCUT2D eigenvalue weighted by Crippen LogP contribution is -2.40. The molecule has 0 aliphatic carbocycles. The van der Waals surface area contributed by atoms with E-state index in [4.69, 9.17) is 9.47 Å². The van der Waals surface area contributed by atoms with Gasteiger partial charge in [0.15, 0.2) is 0 Å². The maximum atomic E-state index is 12.7. The van der Waals surface area contributed by atoms with Gasteiger partial charge in [0.25, 0.3) is 5.91 Å². The summed E-state index contributed by atoms with van der Waals surface area (Å²) >= 11 is 0. The maximum absolute atomic E-state index is 12.7. The molecule has 3 rings (SSSR count). The highest BCUT2D eigenvalue weighted by atomic mass is 16.5. The van der Waals surface area contributed by atoms with Crippen LogP contribution in [-0.4, -0.2) is 38.2 Å². The molecule has 1 aliphatic heterocycles. The molecule has 0 aromatic heterocycles. The van der Waals surface area contributed by atoms with Crippen LogP contribution in [0, 0.1) is 6.92 Å². The Morgan fingerprint density at radius 3 is 2.75 bits per heavy atom. The van der Waals surface area contributed by atoms with Gasteiger partial charge in [-0.15, -0.1) is 0 Å². The largest absolute Gasteiger partial charge is 0.491 e. The topological polar surface area (TPSA) is 50.8 Å². The summed E-state index contributed by atoms with van der Waals surface area (Å²) in [4.78, 5) is 14.5. The van der Waals surface area contributed by atoms with E-state index in [-0.39, 0.29) is 12.1 Å². The molecule has 0 radical (unpaired) electrons. The van der Waals surface area contributed by atoms with Gasteiger partial charge in [-0.3, -0.25) is 4.79 Å². The van der Waals surface area contributed by atoms with Crippen LogP contribution in [0.15, 0.2) is 42.5 Å². The van der Waals surface area contributed by atoms with E-state index in [1.807, 2.05) is 49.4 Å². The minimum atomic E-state index is -0.272. The number of methoxy groups -OCH3 is 1. The third-order valence-corrected chi connectivity index (χ3v) is 4.16. The van der Waals surface area contributed by atoms with Crippen LogP contribution in [0.1, 0.15) is 27.7 Å². The van der Waals surface area contributed by atoms with Crippen molar-refractivity contribution < 1.29 is 14.3 Å². The van der Waals surface area contributed by atoms with Crippen molar-refractivity contribution in [3.63, 3.8) is 0 Å². The van der Waals surface area contributed by atoms with Crippen molar-refractivity contribution in [1.29, 1.82) is 0 Å². The van der Waals surface area contributed by atoms with Gasteiger partial charge in [0.05, 0.1) is 12.2 Å². The summed E-state index contributed by atoms with van der Waals surface area (Å²) in [6.07, 6.45) is -0.272. The summed E-state index contributed by atoms with van der Waals surface area (Å²) in [6, 6.07) is 13.6. The first-order valence-corrected chi connectivity index (χ1v) is 7.97. The molecule has 1 N–H and O–H groups in total. The number of benzene rings is 2. The molecule has 0 fully saturated rings. The third-order valence-electron chi connectivity index (χ3n) is 4.16. The Bertz CT molecular complexity index is 745. The van der Waals surface area contributed by atoms with Crippen LogP contribution in [0.5, 0.6) is 5.75 Å². The first-order valence-electron chi connectivity index (χ1n) is 7.97. The molecule has 1 amide bonds. The van der Waals surface area contributed by atoms with E-state index >= 15 is 0 Å². The van der Waals surface area contributed by atoms with E-state index in [0.717, 1.165) is 22.6 Å².